The van der Waals surface area contributed by atoms with Crippen molar-refractivity contribution in [3.05, 3.63) is 18.2 Å². The lowest BCUT2D eigenvalue weighted by atomic mass is 9.97. The van der Waals surface area contributed by atoms with Crippen LogP contribution in [0.15, 0.2) is 12.4 Å². The molecule has 0 unspecified atom stereocenters. The van der Waals surface area contributed by atoms with E-state index in [4.69, 9.17) is 9.47 Å². The molecule has 0 saturated carbocycles. The molecule has 1 aromatic rings. The van der Waals surface area contributed by atoms with Gasteiger partial charge in [-0.15, -0.1) is 0 Å². The van der Waals surface area contributed by atoms with Gasteiger partial charge in [-0.1, -0.05) is 0 Å². The summed E-state index contributed by atoms with van der Waals surface area (Å²) < 4.78 is 13.8. The molecule has 4 atom stereocenters. The van der Waals surface area contributed by atoms with Crippen LogP contribution in [0.25, 0.3) is 0 Å². The Balaban J connectivity index is 1.66. The summed E-state index contributed by atoms with van der Waals surface area (Å²) in [5, 5.41) is 3.79. The van der Waals surface area contributed by atoms with Crippen molar-refractivity contribution in [3.63, 3.8) is 0 Å². The van der Waals surface area contributed by atoms with Gasteiger partial charge in [0.2, 0.25) is 0 Å². The van der Waals surface area contributed by atoms with Crippen LogP contribution in [0.5, 0.6) is 0 Å². The fourth-order valence-electron chi connectivity index (χ4n) is 3.51. The Morgan fingerprint density at radius 1 is 1.30 bits per heavy atom. The SMILES string of the molecule is C[C@H]1CC(N[C@H]2CCO[C@@H]2c2nccn2C)C[C@H](C)O1. The number of nitrogens with one attached hydrogen (secondary N) is 1. The van der Waals surface area contributed by atoms with Crippen LogP contribution in [0.3, 0.4) is 0 Å². The maximum Gasteiger partial charge on any atom is 0.139 e. The van der Waals surface area contributed by atoms with Gasteiger partial charge in [0.05, 0.1) is 12.2 Å². The molecular weight excluding hydrogens is 254 g/mol. The molecule has 2 saturated heterocycles. The minimum atomic E-state index is 0.0726. The monoisotopic (exact) mass is 279 g/mol. The third-order valence-corrected chi connectivity index (χ3v) is 4.35. The normalized spacial score (nSPS) is 38.2. The van der Waals surface area contributed by atoms with Gasteiger partial charge in [-0.25, -0.2) is 4.98 Å². The molecule has 2 aliphatic rings. The molecule has 1 N–H and O–H groups in total. The van der Waals surface area contributed by atoms with Crippen LogP contribution in [0.4, 0.5) is 0 Å². The highest BCUT2D eigenvalue weighted by molar-refractivity contribution is 5.03. The molecule has 0 bridgehead atoms. The zero-order chi connectivity index (χ0) is 14.1. The van der Waals surface area contributed by atoms with Crippen molar-refractivity contribution in [1.29, 1.82) is 0 Å². The average molecular weight is 279 g/mol. The van der Waals surface area contributed by atoms with Gasteiger partial charge < -0.3 is 19.4 Å². The molecule has 2 aliphatic heterocycles. The standard InChI is InChI=1S/C15H25N3O2/c1-10-8-12(9-11(2)20-10)17-13-4-7-19-14(13)15-16-5-6-18(15)3/h5-6,10-14,17H,4,7-9H2,1-3H3/t10-,11-,13-,14-/m0/s1. The highest BCUT2D eigenvalue weighted by atomic mass is 16.5. The van der Waals surface area contributed by atoms with Crippen LogP contribution in [0.1, 0.15) is 45.0 Å². The molecule has 0 aromatic carbocycles. The number of ether oxygens (including phenoxy) is 2. The minimum Gasteiger partial charge on any atom is -0.375 e. The van der Waals surface area contributed by atoms with E-state index in [2.05, 4.69) is 28.7 Å². The van der Waals surface area contributed by atoms with E-state index in [1.165, 1.54) is 0 Å². The second-order valence-corrected chi connectivity index (χ2v) is 6.18. The van der Waals surface area contributed by atoms with Gasteiger partial charge in [0.15, 0.2) is 0 Å². The van der Waals surface area contributed by atoms with Crippen molar-refractivity contribution in [3.8, 4) is 0 Å². The van der Waals surface area contributed by atoms with Gasteiger partial charge in [-0.2, -0.15) is 0 Å². The minimum absolute atomic E-state index is 0.0726. The average Bonchev–Trinajstić information content (AvgIpc) is 2.96. The fourth-order valence-corrected chi connectivity index (χ4v) is 3.51. The van der Waals surface area contributed by atoms with E-state index in [0.29, 0.717) is 24.3 Å². The Kier molecular flexibility index (Phi) is 4.10. The number of hydrogen-bond acceptors (Lipinski definition) is 4. The van der Waals surface area contributed by atoms with Gasteiger partial charge in [-0.3, -0.25) is 0 Å². The third-order valence-electron chi connectivity index (χ3n) is 4.35. The number of hydrogen-bond donors (Lipinski definition) is 1. The van der Waals surface area contributed by atoms with Crippen molar-refractivity contribution in [2.75, 3.05) is 6.61 Å². The van der Waals surface area contributed by atoms with Gasteiger partial charge in [0.25, 0.3) is 0 Å². The first-order valence-corrected chi connectivity index (χ1v) is 7.64. The molecule has 0 amide bonds. The Morgan fingerprint density at radius 2 is 2.05 bits per heavy atom. The van der Waals surface area contributed by atoms with E-state index in [-0.39, 0.29) is 6.10 Å². The van der Waals surface area contributed by atoms with Crippen molar-refractivity contribution in [2.45, 2.75) is 63.5 Å². The van der Waals surface area contributed by atoms with E-state index in [9.17, 15) is 0 Å². The zero-order valence-corrected chi connectivity index (χ0v) is 12.6. The van der Waals surface area contributed by atoms with Crippen LogP contribution >= 0.6 is 0 Å². The maximum absolute atomic E-state index is 5.91. The van der Waals surface area contributed by atoms with Crippen molar-refractivity contribution in [1.82, 2.24) is 14.9 Å². The summed E-state index contributed by atoms with van der Waals surface area (Å²) in [5.74, 6) is 1.02. The smallest absolute Gasteiger partial charge is 0.139 e. The summed E-state index contributed by atoms with van der Waals surface area (Å²) in [4.78, 5) is 4.44. The summed E-state index contributed by atoms with van der Waals surface area (Å²) in [7, 11) is 2.03. The second kappa shape index (κ2) is 5.84. The molecule has 2 fully saturated rings. The lowest BCUT2D eigenvalue weighted by molar-refractivity contribution is -0.0451. The fraction of sp³-hybridized carbons (Fsp3) is 0.800. The van der Waals surface area contributed by atoms with E-state index in [0.717, 1.165) is 31.7 Å². The van der Waals surface area contributed by atoms with Crippen molar-refractivity contribution < 1.29 is 9.47 Å². The number of aryl methyl sites for hydroxylation is 1. The second-order valence-electron chi connectivity index (χ2n) is 6.18. The first-order chi connectivity index (χ1) is 9.63. The molecule has 0 aliphatic carbocycles. The van der Waals surface area contributed by atoms with E-state index >= 15 is 0 Å². The Labute approximate surface area is 120 Å². The highest BCUT2D eigenvalue weighted by Crippen LogP contribution is 2.30. The number of imidazole rings is 1. The van der Waals surface area contributed by atoms with Gasteiger partial charge in [0.1, 0.15) is 11.9 Å². The molecule has 5 nitrogen and oxygen atoms in total. The number of nitrogens with zero attached hydrogens (tertiary/aromatic N) is 2. The molecule has 3 rings (SSSR count). The Hall–Kier alpha value is -0.910. The Bertz CT molecular complexity index is 438. The number of aromatic nitrogens is 2. The quantitative estimate of drug-likeness (QED) is 0.916. The summed E-state index contributed by atoms with van der Waals surface area (Å²) in [6, 6.07) is 0.877. The molecule has 0 radical (unpaired) electrons. The van der Waals surface area contributed by atoms with Crippen LogP contribution in [-0.4, -0.2) is 40.4 Å². The summed E-state index contributed by atoms with van der Waals surface area (Å²) in [6.45, 7) is 5.13. The first kappa shape index (κ1) is 14.0. The van der Waals surface area contributed by atoms with Crippen LogP contribution in [0, 0.1) is 0 Å². The Morgan fingerprint density at radius 3 is 2.70 bits per heavy atom. The van der Waals surface area contributed by atoms with E-state index < -0.39 is 0 Å². The van der Waals surface area contributed by atoms with Gasteiger partial charge in [-0.05, 0) is 33.1 Å². The van der Waals surface area contributed by atoms with Crippen LogP contribution < -0.4 is 5.32 Å². The molecule has 112 valence electrons. The maximum atomic E-state index is 5.91. The lowest BCUT2D eigenvalue weighted by Crippen LogP contribution is -2.46. The van der Waals surface area contributed by atoms with Crippen molar-refractivity contribution in [2.24, 2.45) is 7.05 Å². The molecule has 0 spiro atoms. The number of rotatable bonds is 3. The molecule has 1 aromatic heterocycles. The van der Waals surface area contributed by atoms with Crippen molar-refractivity contribution >= 4 is 0 Å². The topological polar surface area (TPSA) is 48.3 Å². The first-order valence-electron chi connectivity index (χ1n) is 7.64. The van der Waals surface area contributed by atoms with E-state index in [1.54, 1.807) is 0 Å². The summed E-state index contributed by atoms with van der Waals surface area (Å²) in [5.41, 5.74) is 0. The van der Waals surface area contributed by atoms with E-state index in [1.807, 2.05) is 19.4 Å². The lowest BCUT2D eigenvalue weighted by Gasteiger charge is -2.35. The van der Waals surface area contributed by atoms with Gasteiger partial charge in [0, 0.05) is 38.1 Å². The molecular formula is C15H25N3O2. The summed E-state index contributed by atoms with van der Waals surface area (Å²) in [6.07, 6.45) is 7.78. The largest absolute Gasteiger partial charge is 0.375 e. The van der Waals surface area contributed by atoms with Crippen LogP contribution in [0.2, 0.25) is 0 Å². The molecule has 3 heterocycles. The predicted octanol–water partition coefficient (Wildman–Crippen LogP) is 1.80. The highest BCUT2D eigenvalue weighted by Gasteiger charge is 2.35. The summed E-state index contributed by atoms with van der Waals surface area (Å²) >= 11 is 0. The third kappa shape index (κ3) is 2.90. The predicted molar refractivity (Wildman–Crippen MR) is 76.5 cm³/mol. The van der Waals surface area contributed by atoms with Gasteiger partial charge >= 0.3 is 0 Å². The molecule has 20 heavy (non-hydrogen) atoms. The molecule has 5 heteroatoms. The van der Waals surface area contributed by atoms with Crippen LogP contribution in [-0.2, 0) is 16.5 Å². The zero-order valence-electron chi connectivity index (χ0n) is 12.6.